The van der Waals surface area contributed by atoms with Crippen molar-refractivity contribution in [3.63, 3.8) is 0 Å². The molecule has 0 aliphatic carbocycles. The number of nitrogens with zero attached hydrogens (tertiary/aromatic N) is 2. The number of rotatable bonds is 10. The third-order valence-electron chi connectivity index (χ3n) is 4.36. The van der Waals surface area contributed by atoms with E-state index in [-0.39, 0.29) is 35.7 Å². The number of sulfonamides is 1. The molecule has 0 bridgehead atoms. The van der Waals surface area contributed by atoms with E-state index in [2.05, 4.69) is 5.32 Å². The summed E-state index contributed by atoms with van der Waals surface area (Å²) in [4.78, 5) is 35.7. The van der Waals surface area contributed by atoms with Crippen molar-refractivity contribution in [1.29, 1.82) is 0 Å². The largest absolute Gasteiger partial charge is 0.455 e. The molecule has 172 valence electrons. The summed E-state index contributed by atoms with van der Waals surface area (Å²) < 4.78 is 31.2. The number of nitro benzene ring substituents is 1. The van der Waals surface area contributed by atoms with Crippen molar-refractivity contribution < 1.29 is 27.7 Å². The predicted octanol–water partition coefficient (Wildman–Crippen LogP) is 4.22. The maximum absolute atomic E-state index is 12.5. The molecule has 0 saturated carbocycles. The number of carbonyl (C=O) groups is 2. The van der Waals surface area contributed by atoms with Crippen LogP contribution < -0.4 is 14.4 Å². The van der Waals surface area contributed by atoms with E-state index in [1.165, 1.54) is 6.92 Å². The zero-order valence-electron chi connectivity index (χ0n) is 18.0. The van der Waals surface area contributed by atoms with Gasteiger partial charge in [-0.25, -0.2) is 12.7 Å². The van der Waals surface area contributed by atoms with Crippen LogP contribution in [-0.2, 0) is 19.6 Å². The van der Waals surface area contributed by atoms with Crippen molar-refractivity contribution >= 4 is 38.9 Å². The molecule has 0 aromatic heterocycles. The fraction of sp³-hybridized carbons (Fsp3) is 0.333. The summed E-state index contributed by atoms with van der Waals surface area (Å²) in [6.45, 7) is 3.38. The maximum atomic E-state index is 12.5. The lowest BCUT2D eigenvalue weighted by Crippen LogP contribution is -2.36. The zero-order chi connectivity index (χ0) is 23.9. The van der Waals surface area contributed by atoms with Gasteiger partial charge in [0.25, 0.3) is 5.69 Å². The zero-order valence-corrected chi connectivity index (χ0v) is 18.8. The highest BCUT2D eigenvalue weighted by atomic mass is 32.2. The molecule has 32 heavy (non-hydrogen) atoms. The molecular formula is C21H25N3O7S. The summed E-state index contributed by atoms with van der Waals surface area (Å²) in [5.41, 5.74) is -0.967. The quantitative estimate of drug-likeness (QED) is 0.411. The molecule has 0 radical (unpaired) electrons. The number of carbonyl (C=O) groups excluding carboxylic acids is 2. The molecule has 2 aromatic carbocycles. The molecular weight excluding hydrogens is 438 g/mol. The van der Waals surface area contributed by atoms with Crippen molar-refractivity contribution in [1.82, 2.24) is 0 Å². The Kier molecular flexibility index (Phi) is 8.30. The average Bonchev–Trinajstić information content (AvgIpc) is 2.73. The number of para-hydroxylation sites is 1. The van der Waals surface area contributed by atoms with E-state index in [0.29, 0.717) is 10.7 Å². The first-order valence-corrected chi connectivity index (χ1v) is 11.8. The van der Waals surface area contributed by atoms with Gasteiger partial charge in [0.05, 0.1) is 17.2 Å². The monoisotopic (exact) mass is 463 g/mol. The van der Waals surface area contributed by atoms with Gasteiger partial charge in [-0.2, -0.15) is 0 Å². The van der Waals surface area contributed by atoms with Gasteiger partial charge in [-0.15, -0.1) is 0 Å². The minimum Gasteiger partial charge on any atom is -0.455 e. The van der Waals surface area contributed by atoms with Gasteiger partial charge in [-0.1, -0.05) is 38.5 Å². The number of ether oxygens (including phenoxy) is 1. The normalized spacial score (nSPS) is 11.0. The molecule has 0 aliphatic heterocycles. The smallest absolute Gasteiger partial charge is 0.296 e. The van der Waals surface area contributed by atoms with Crippen LogP contribution in [-0.4, -0.2) is 31.4 Å². The average molecular weight is 464 g/mol. The van der Waals surface area contributed by atoms with Crippen LogP contribution in [0.3, 0.4) is 0 Å². The van der Waals surface area contributed by atoms with Gasteiger partial charge in [0, 0.05) is 12.8 Å². The molecule has 2 rings (SSSR count). The van der Waals surface area contributed by atoms with Gasteiger partial charge in [0.15, 0.2) is 5.75 Å². The minimum atomic E-state index is -4.12. The summed E-state index contributed by atoms with van der Waals surface area (Å²) >= 11 is 0. The van der Waals surface area contributed by atoms with Crippen LogP contribution in [0.5, 0.6) is 11.5 Å². The number of benzene rings is 2. The van der Waals surface area contributed by atoms with Crippen LogP contribution in [0.25, 0.3) is 0 Å². The van der Waals surface area contributed by atoms with Crippen molar-refractivity contribution in [2.24, 2.45) is 0 Å². The van der Waals surface area contributed by atoms with Crippen molar-refractivity contribution in [2.75, 3.05) is 15.9 Å². The number of hydrogen-bond donors (Lipinski definition) is 1. The van der Waals surface area contributed by atoms with E-state index in [0.717, 1.165) is 24.8 Å². The van der Waals surface area contributed by atoms with E-state index in [9.17, 15) is 28.1 Å². The molecule has 2 aromatic rings. The summed E-state index contributed by atoms with van der Waals surface area (Å²) in [5, 5.41) is 14.1. The van der Waals surface area contributed by atoms with Crippen LogP contribution in [0.4, 0.5) is 17.1 Å². The lowest BCUT2D eigenvalue weighted by Gasteiger charge is -2.23. The van der Waals surface area contributed by atoms with Crippen LogP contribution >= 0.6 is 0 Å². The standard InChI is InChI=1S/C21H25N3O7S/c1-4-6-12-20(25)22-16-13-18(23(21(26)5-2)32(3,29)30)19(14-17(16)24(27)28)31-15-10-8-7-9-11-15/h7-11,13-14H,4-6,12H2,1-3H3,(H,22,25). The number of hydrogen-bond acceptors (Lipinski definition) is 7. The van der Waals surface area contributed by atoms with Crippen molar-refractivity contribution in [3.05, 3.63) is 52.6 Å². The number of amides is 2. The SMILES string of the molecule is CCCCC(=O)Nc1cc(N(C(=O)CC)S(C)(=O)=O)c(Oc2ccccc2)cc1[N+](=O)[O-]. The number of nitro groups is 1. The molecule has 0 unspecified atom stereocenters. The first-order chi connectivity index (χ1) is 15.1. The minimum absolute atomic E-state index is 0.134. The summed E-state index contributed by atoms with van der Waals surface area (Å²) in [5.74, 6) is -1.17. The van der Waals surface area contributed by atoms with Crippen molar-refractivity contribution in [2.45, 2.75) is 39.5 Å². The Labute approximate surface area is 186 Å². The molecule has 1 N–H and O–H groups in total. The van der Waals surface area contributed by atoms with Crippen LogP contribution in [0.15, 0.2) is 42.5 Å². The molecule has 11 heteroatoms. The highest BCUT2D eigenvalue weighted by Crippen LogP contribution is 2.41. The lowest BCUT2D eigenvalue weighted by atomic mass is 10.2. The Morgan fingerprint density at radius 1 is 1.16 bits per heavy atom. The number of unbranched alkanes of at least 4 members (excludes halogenated alkanes) is 1. The highest BCUT2D eigenvalue weighted by molar-refractivity contribution is 7.92. The molecule has 2 amide bonds. The van der Waals surface area contributed by atoms with E-state index in [1.54, 1.807) is 30.3 Å². The third kappa shape index (κ3) is 6.27. The van der Waals surface area contributed by atoms with E-state index >= 15 is 0 Å². The maximum Gasteiger partial charge on any atom is 0.296 e. The second kappa shape index (κ2) is 10.7. The first kappa shape index (κ1) is 24.8. The molecule has 0 saturated heterocycles. The van der Waals surface area contributed by atoms with Gasteiger partial charge in [0.1, 0.15) is 17.1 Å². The van der Waals surface area contributed by atoms with Crippen LogP contribution in [0, 0.1) is 10.1 Å². The second-order valence-electron chi connectivity index (χ2n) is 6.94. The lowest BCUT2D eigenvalue weighted by molar-refractivity contribution is -0.384. The van der Waals surface area contributed by atoms with E-state index in [1.807, 2.05) is 6.92 Å². The Bertz CT molecular complexity index is 1100. The van der Waals surface area contributed by atoms with E-state index < -0.39 is 32.4 Å². The highest BCUT2D eigenvalue weighted by Gasteiger charge is 2.31. The fourth-order valence-electron chi connectivity index (χ4n) is 2.86. The van der Waals surface area contributed by atoms with Gasteiger partial charge in [-0.3, -0.25) is 19.7 Å². The van der Waals surface area contributed by atoms with Crippen LogP contribution in [0.2, 0.25) is 0 Å². The Morgan fingerprint density at radius 2 is 1.81 bits per heavy atom. The van der Waals surface area contributed by atoms with Gasteiger partial charge in [-0.05, 0) is 24.6 Å². The molecule has 0 aliphatic rings. The second-order valence-corrected chi connectivity index (χ2v) is 8.77. The fourth-order valence-corrected chi connectivity index (χ4v) is 3.86. The molecule has 0 atom stereocenters. The first-order valence-electron chi connectivity index (χ1n) is 9.96. The van der Waals surface area contributed by atoms with Crippen LogP contribution in [0.1, 0.15) is 39.5 Å². The molecule has 0 fully saturated rings. The molecule has 0 spiro atoms. The Balaban J connectivity index is 2.72. The molecule has 0 heterocycles. The summed E-state index contributed by atoms with van der Waals surface area (Å²) in [6.07, 6.45) is 2.15. The van der Waals surface area contributed by atoms with E-state index in [4.69, 9.17) is 4.74 Å². The van der Waals surface area contributed by atoms with Crippen molar-refractivity contribution in [3.8, 4) is 11.5 Å². The third-order valence-corrected chi connectivity index (χ3v) is 5.42. The predicted molar refractivity (Wildman–Crippen MR) is 120 cm³/mol. The number of anilines is 2. The summed E-state index contributed by atoms with van der Waals surface area (Å²) in [6, 6.07) is 10.3. The Hall–Kier alpha value is -3.47. The molecule has 10 nitrogen and oxygen atoms in total. The van der Waals surface area contributed by atoms with Gasteiger partial charge < -0.3 is 10.1 Å². The Morgan fingerprint density at radius 3 is 2.34 bits per heavy atom. The summed E-state index contributed by atoms with van der Waals surface area (Å²) in [7, 11) is -4.12. The number of nitrogens with one attached hydrogen (secondary N) is 1. The topological polar surface area (TPSA) is 136 Å². The van der Waals surface area contributed by atoms with Gasteiger partial charge >= 0.3 is 0 Å². The van der Waals surface area contributed by atoms with Gasteiger partial charge in [0.2, 0.25) is 21.8 Å².